The average Bonchev–Trinajstić information content (AvgIpc) is 2.32. The minimum absolute atomic E-state index is 0.201. The van der Waals surface area contributed by atoms with Gasteiger partial charge in [0.25, 0.3) is 0 Å². The molecule has 1 heterocycles. The number of aliphatic carboxylic acids is 1. The van der Waals surface area contributed by atoms with E-state index in [0.29, 0.717) is 9.21 Å². The molecule has 0 aliphatic carbocycles. The molecule has 3 nitrogen and oxygen atoms in total. The van der Waals surface area contributed by atoms with Crippen LogP contribution in [-0.2, 0) is 4.79 Å². The lowest BCUT2D eigenvalue weighted by Gasteiger charge is -2.06. The van der Waals surface area contributed by atoms with Gasteiger partial charge in [-0.1, -0.05) is 34.8 Å². The molecule has 1 rings (SSSR count). The van der Waals surface area contributed by atoms with Gasteiger partial charge in [-0.25, -0.2) is 0 Å². The fourth-order valence-corrected chi connectivity index (χ4v) is 2.78. The molecule has 0 saturated carbocycles. The third-order valence-corrected chi connectivity index (χ3v) is 4.23. The third kappa shape index (κ3) is 2.52. The molecule has 78 valence electrons. The van der Waals surface area contributed by atoms with Crippen molar-refractivity contribution in [3.8, 4) is 0 Å². The highest BCUT2D eigenvalue weighted by Gasteiger charge is 2.20. The second-order valence-corrected chi connectivity index (χ2v) is 4.98. The van der Waals surface area contributed by atoms with E-state index < -0.39 is 12.0 Å². The first-order chi connectivity index (χ1) is 6.43. The lowest BCUT2D eigenvalue weighted by molar-refractivity contribution is -0.137. The Morgan fingerprint density at radius 1 is 1.43 bits per heavy atom. The summed E-state index contributed by atoms with van der Waals surface area (Å²) in [6.45, 7) is 0. The van der Waals surface area contributed by atoms with E-state index in [1.165, 1.54) is 0 Å². The van der Waals surface area contributed by atoms with Crippen LogP contribution in [0.25, 0.3) is 0 Å². The number of thiophene rings is 1. The maximum absolute atomic E-state index is 10.4. The van der Waals surface area contributed by atoms with Crippen LogP contribution in [0.15, 0.2) is 0 Å². The smallest absolute Gasteiger partial charge is 0.305 e. The first-order valence-electron chi connectivity index (χ1n) is 3.54. The molecular weight excluding hydrogens is 269 g/mol. The molecule has 1 aromatic heterocycles. The molecule has 0 bridgehead atoms. The van der Waals surface area contributed by atoms with Gasteiger partial charge < -0.3 is 10.8 Å². The quantitative estimate of drug-likeness (QED) is 0.890. The normalized spacial score (nSPS) is 12.9. The topological polar surface area (TPSA) is 63.3 Å². The number of carboxylic acids is 1. The molecule has 0 aromatic carbocycles. The van der Waals surface area contributed by atoms with Gasteiger partial charge in [0.15, 0.2) is 0 Å². The minimum atomic E-state index is -0.991. The van der Waals surface area contributed by atoms with Crippen LogP contribution in [0.4, 0.5) is 0 Å². The van der Waals surface area contributed by atoms with Crippen LogP contribution in [-0.4, -0.2) is 11.1 Å². The van der Waals surface area contributed by atoms with E-state index in [4.69, 9.17) is 45.6 Å². The van der Waals surface area contributed by atoms with Crippen LogP contribution in [0.2, 0.25) is 14.4 Å². The summed E-state index contributed by atoms with van der Waals surface area (Å²) in [4.78, 5) is 10.9. The summed E-state index contributed by atoms with van der Waals surface area (Å²) in [6, 6.07) is -0.671. The fourth-order valence-electron chi connectivity index (χ4n) is 0.900. The van der Waals surface area contributed by atoms with E-state index >= 15 is 0 Å². The van der Waals surface area contributed by atoms with Crippen molar-refractivity contribution < 1.29 is 9.90 Å². The number of carboxylic acid groups (broad SMARTS) is 1. The summed E-state index contributed by atoms with van der Waals surface area (Å²) in [5.41, 5.74) is 5.61. The van der Waals surface area contributed by atoms with Crippen LogP contribution >= 0.6 is 46.1 Å². The summed E-state index contributed by atoms with van der Waals surface area (Å²) < 4.78 is 0.326. The number of nitrogens with two attached hydrogens (primary N) is 1. The van der Waals surface area contributed by atoms with Crippen LogP contribution in [0, 0.1) is 0 Å². The number of hydrogen-bond donors (Lipinski definition) is 2. The van der Waals surface area contributed by atoms with Crippen molar-refractivity contribution in [2.45, 2.75) is 12.5 Å². The summed E-state index contributed by atoms with van der Waals surface area (Å²) >= 11 is 18.4. The summed E-state index contributed by atoms with van der Waals surface area (Å²) in [5.74, 6) is -0.991. The minimum Gasteiger partial charge on any atom is -0.481 e. The predicted octanol–water partition coefficient (Wildman–Crippen LogP) is 3.18. The Bertz CT molecular complexity index is 366. The lowest BCUT2D eigenvalue weighted by atomic mass is 10.2. The highest BCUT2D eigenvalue weighted by atomic mass is 35.5. The van der Waals surface area contributed by atoms with Crippen molar-refractivity contribution >= 4 is 52.1 Å². The van der Waals surface area contributed by atoms with Gasteiger partial charge in [0.1, 0.15) is 4.34 Å². The molecule has 7 heteroatoms. The zero-order chi connectivity index (χ0) is 10.9. The Morgan fingerprint density at radius 2 is 2.00 bits per heavy atom. The summed E-state index contributed by atoms with van der Waals surface area (Å²) in [7, 11) is 0. The number of halogens is 3. The van der Waals surface area contributed by atoms with Crippen molar-refractivity contribution in [1.29, 1.82) is 0 Å². The Morgan fingerprint density at radius 3 is 2.36 bits per heavy atom. The standard InChI is InChI=1S/C7H6Cl3NO2S/c8-4-5(9)7(10)14-6(4)2(11)1-3(12)13/h2H,1,11H2,(H,12,13). The Kier molecular flexibility index (Phi) is 4.04. The van der Waals surface area contributed by atoms with Gasteiger partial charge in [0.2, 0.25) is 0 Å². The Hall–Kier alpha value is -0.000000000000000167. The van der Waals surface area contributed by atoms with Gasteiger partial charge in [0, 0.05) is 4.88 Å². The molecule has 3 N–H and O–H groups in total. The lowest BCUT2D eigenvalue weighted by Crippen LogP contribution is -2.13. The molecule has 0 saturated heterocycles. The van der Waals surface area contributed by atoms with Crippen molar-refractivity contribution in [3.05, 3.63) is 19.3 Å². The monoisotopic (exact) mass is 273 g/mol. The van der Waals surface area contributed by atoms with E-state index in [0.717, 1.165) is 11.3 Å². The summed E-state index contributed by atoms with van der Waals surface area (Å²) in [5, 5.41) is 9.00. The van der Waals surface area contributed by atoms with Crippen molar-refractivity contribution in [1.82, 2.24) is 0 Å². The molecule has 0 aliphatic heterocycles. The predicted molar refractivity (Wildman–Crippen MR) is 58.5 cm³/mol. The van der Waals surface area contributed by atoms with E-state index in [1.807, 2.05) is 0 Å². The first-order valence-corrected chi connectivity index (χ1v) is 5.49. The van der Waals surface area contributed by atoms with Crippen LogP contribution in [0.5, 0.6) is 0 Å². The van der Waals surface area contributed by atoms with Crippen molar-refractivity contribution in [3.63, 3.8) is 0 Å². The molecule has 0 spiro atoms. The SMILES string of the molecule is NC(CC(=O)O)c1sc(Cl)c(Cl)c1Cl. The van der Waals surface area contributed by atoms with Crippen LogP contribution < -0.4 is 5.73 Å². The first kappa shape index (κ1) is 12.1. The molecule has 1 aromatic rings. The van der Waals surface area contributed by atoms with Crippen LogP contribution in [0.3, 0.4) is 0 Å². The molecule has 1 atom stereocenters. The number of rotatable bonds is 3. The van der Waals surface area contributed by atoms with E-state index in [-0.39, 0.29) is 16.5 Å². The van der Waals surface area contributed by atoms with E-state index in [1.54, 1.807) is 0 Å². The zero-order valence-electron chi connectivity index (χ0n) is 6.76. The maximum atomic E-state index is 10.4. The van der Waals surface area contributed by atoms with Crippen LogP contribution in [0.1, 0.15) is 17.3 Å². The van der Waals surface area contributed by atoms with Gasteiger partial charge in [0.05, 0.1) is 22.5 Å². The van der Waals surface area contributed by atoms with E-state index in [2.05, 4.69) is 0 Å². The maximum Gasteiger partial charge on any atom is 0.305 e. The molecule has 14 heavy (non-hydrogen) atoms. The highest BCUT2D eigenvalue weighted by Crippen LogP contribution is 2.43. The second kappa shape index (κ2) is 4.68. The van der Waals surface area contributed by atoms with Crippen molar-refractivity contribution in [2.75, 3.05) is 0 Å². The third-order valence-electron chi connectivity index (χ3n) is 1.51. The number of hydrogen-bond acceptors (Lipinski definition) is 3. The van der Waals surface area contributed by atoms with E-state index in [9.17, 15) is 4.79 Å². The van der Waals surface area contributed by atoms with Gasteiger partial charge in [-0.15, -0.1) is 11.3 Å². The number of carbonyl (C=O) groups is 1. The molecule has 0 fully saturated rings. The summed E-state index contributed by atoms with van der Waals surface area (Å²) in [6.07, 6.45) is -0.201. The molecular formula is C7H6Cl3NO2S. The molecule has 0 radical (unpaired) electrons. The largest absolute Gasteiger partial charge is 0.481 e. The average molecular weight is 275 g/mol. The Balaban J connectivity index is 2.95. The van der Waals surface area contributed by atoms with Gasteiger partial charge in [-0.05, 0) is 0 Å². The zero-order valence-corrected chi connectivity index (χ0v) is 9.84. The Labute approximate surface area is 99.4 Å². The highest BCUT2D eigenvalue weighted by molar-refractivity contribution is 7.17. The molecule has 0 aliphatic rings. The fraction of sp³-hybridized carbons (Fsp3) is 0.286. The van der Waals surface area contributed by atoms with Gasteiger partial charge in [-0.2, -0.15) is 0 Å². The molecule has 0 amide bonds. The van der Waals surface area contributed by atoms with Gasteiger partial charge in [-0.3, -0.25) is 4.79 Å². The second-order valence-electron chi connectivity index (χ2n) is 2.57. The molecule has 1 unspecified atom stereocenters. The van der Waals surface area contributed by atoms with Crippen molar-refractivity contribution in [2.24, 2.45) is 5.73 Å². The van der Waals surface area contributed by atoms with Gasteiger partial charge >= 0.3 is 5.97 Å².